The number of benzene rings is 2. The molecule has 6 heteroatoms. The minimum Gasteiger partial charge on any atom is -0.383 e. The predicted octanol–water partition coefficient (Wildman–Crippen LogP) is 4.49. The Morgan fingerprint density at radius 2 is 1.78 bits per heavy atom. The molecule has 2 N–H and O–H groups in total. The third-order valence-electron chi connectivity index (χ3n) is 3.36. The van der Waals surface area contributed by atoms with Gasteiger partial charge in [0, 0.05) is 27.4 Å². The molecule has 2 aromatic carbocycles. The predicted molar refractivity (Wildman–Crippen MR) is 95.6 cm³/mol. The molecule has 4 nitrogen and oxygen atoms in total. The number of anilines is 1. The number of para-hydroxylation sites is 1. The number of nitrogens with two attached hydrogens (primary N) is 1. The molecule has 0 saturated carbocycles. The summed E-state index contributed by atoms with van der Waals surface area (Å²) in [6, 6.07) is 15.9. The highest BCUT2D eigenvalue weighted by molar-refractivity contribution is 8.01. The number of fused-ring (bicyclic) bond motifs is 1. The first-order valence-electron chi connectivity index (χ1n) is 7.00. The Morgan fingerprint density at radius 1 is 0.957 bits per heavy atom. The molecule has 2 heterocycles. The minimum atomic E-state index is 0.506. The van der Waals surface area contributed by atoms with Crippen LogP contribution in [0.4, 0.5) is 5.82 Å². The number of rotatable bonds is 3. The standard InChI is InChI=1S/C17H12N4S2/c18-15-13-3-1-2-4-14(13)20-16(21-15)11-5-7-12(8-6-11)23-17-19-9-10-22-17/h1-10H,(H2,18,20,21). The van der Waals surface area contributed by atoms with E-state index in [-0.39, 0.29) is 0 Å². The molecule has 2 aromatic heterocycles. The summed E-state index contributed by atoms with van der Waals surface area (Å²) in [5.41, 5.74) is 7.86. The van der Waals surface area contributed by atoms with Gasteiger partial charge in [-0.2, -0.15) is 0 Å². The molecule has 0 fully saturated rings. The second kappa shape index (κ2) is 5.98. The molecule has 0 aliphatic rings. The first-order valence-corrected chi connectivity index (χ1v) is 8.69. The number of thiazole rings is 1. The molecule has 23 heavy (non-hydrogen) atoms. The van der Waals surface area contributed by atoms with E-state index in [1.807, 2.05) is 48.0 Å². The molecule has 0 aliphatic heterocycles. The highest BCUT2D eigenvalue weighted by Gasteiger charge is 2.07. The van der Waals surface area contributed by atoms with Crippen LogP contribution in [-0.4, -0.2) is 15.0 Å². The van der Waals surface area contributed by atoms with Gasteiger partial charge in [0.15, 0.2) is 10.2 Å². The van der Waals surface area contributed by atoms with Crippen molar-refractivity contribution < 1.29 is 0 Å². The lowest BCUT2D eigenvalue weighted by atomic mass is 10.2. The van der Waals surface area contributed by atoms with Gasteiger partial charge >= 0.3 is 0 Å². The first kappa shape index (κ1) is 14.2. The van der Waals surface area contributed by atoms with Gasteiger partial charge in [-0.1, -0.05) is 36.0 Å². The van der Waals surface area contributed by atoms with Crippen LogP contribution in [0.2, 0.25) is 0 Å². The summed E-state index contributed by atoms with van der Waals surface area (Å²) >= 11 is 3.28. The first-order chi connectivity index (χ1) is 11.3. The van der Waals surface area contributed by atoms with E-state index in [4.69, 9.17) is 5.73 Å². The van der Waals surface area contributed by atoms with Gasteiger partial charge in [-0.15, -0.1) is 11.3 Å². The fourth-order valence-corrected chi connectivity index (χ4v) is 3.86. The summed E-state index contributed by atoms with van der Waals surface area (Å²) in [6.07, 6.45) is 1.81. The van der Waals surface area contributed by atoms with Crippen molar-refractivity contribution in [2.75, 3.05) is 5.73 Å². The van der Waals surface area contributed by atoms with Crippen LogP contribution in [-0.2, 0) is 0 Å². The smallest absolute Gasteiger partial charge is 0.162 e. The number of nitrogens with zero attached hydrogens (tertiary/aromatic N) is 3. The normalized spacial score (nSPS) is 11.0. The molecule has 4 rings (SSSR count). The summed E-state index contributed by atoms with van der Waals surface area (Å²) in [7, 11) is 0. The van der Waals surface area contributed by atoms with Gasteiger partial charge in [0.1, 0.15) is 5.82 Å². The maximum Gasteiger partial charge on any atom is 0.162 e. The summed E-state index contributed by atoms with van der Waals surface area (Å²) in [5, 5.41) is 2.86. The van der Waals surface area contributed by atoms with Crippen molar-refractivity contribution in [1.29, 1.82) is 0 Å². The number of aromatic nitrogens is 3. The van der Waals surface area contributed by atoms with Crippen LogP contribution < -0.4 is 5.73 Å². The van der Waals surface area contributed by atoms with Crippen molar-refractivity contribution in [3.8, 4) is 11.4 Å². The lowest BCUT2D eigenvalue weighted by Crippen LogP contribution is -1.97. The average Bonchev–Trinajstić information content (AvgIpc) is 3.08. The van der Waals surface area contributed by atoms with Crippen molar-refractivity contribution in [2.24, 2.45) is 0 Å². The zero-order chi connectivity index (χ0) is 15.6. The Morgan fingerprint density at radius 3 is 2.57 bits per heavy atom. The van der Waals surface area contributed by atoms with Gasteiger partial charge in [-0.25, -0.2) is 15.0 Å². The van der Waals surface area contributed by atoms with Gasteiger partial charge < -0.3 is 5.73 Å². The van der Waals surface area contributed by atoms with Gasteiger partial charge in [0.25, 0.3) is 0 Å². The van der Waals surface area contributed by atoms with Crippen molar-refractivity contribution in [1.82, 2.24) is 15.0 Å². The number of hydrogen-bond acceptors (Lipinski definition) is 6. The lowest BCUT2D eigenvalue weighted by Gasteiger charge is -2.06. The highest BCUT2D eigenvalue weighted by atomic mass is 32.2. The van der Waals surface area contributed by atoms with E-state index in [1.165, 1.54) is 0 Å². The molecular weight excluding hydrogens is 324 g/mol. The Hall–Kier alpha value is -2.44. The lowest BCUT2D eigenvalue weighted by molar-refractivity contribution is 1.22. The van der Waals surface area contributed by atoms with Gasteiger partial charge in [0.2, 0.25) is 0 Å². The van der Waals surface area contributed by atoms with Gasteiger partial charge in [0.05, 0.1) is 5.52 Å². The second-order valence-electron chi connectivity index (χ2n) is 4.87. The van der Waals surface area contributed by atoms with Crippen molar-refractivity contribution in [2.45, 2.75) is 9.24 Å². The second-order valence-corrected chi connectivity index (χ2v) is 7.09. The molecule has 0 spiro atoms. The largest absolute Gasteiger partial charge is 0.383 e. The van der Waals surface area contributed by atoms with E-state index in [0.717, 1.165) is 25.7 Å². The molecule has 4 aromatic rings. The fourth-order valence-electron chi connectivity index (χ4n) is 2.26. The monoisotopic (exact) mass is 336 g/mol. The Bertz CT molecular complexity index is 950. The third kappa shape index (κ3) is 2.91. The molecule has 112 valence electrons. The highest BCUT2D eigenvalue weighted by Crippen LogP contribution is 2.31. The minimum absolute atomic E-state index is 0.506. The summed E-state index contributed by atoms with van der Waals surface area (Å²) < 4.78 is 1.03. The topological polar surface area (TPSA) is 64.7 Å². The zero-order valence-corrected chi connectivity index (χ0v) is 13.6. The Balaban J connectivity index is 1.68. The van der Waals surface area contributed by atoms with Crippen LogP contribution in [0.1, 0.15) is 0 Å². The van der Waals surface area contributed by atoms with E-state index < -0.39 is 0 Å². The number of nitrogen functional groups attached to an aromatic ring is 1. The molecule has 0 saturated heterocycles. The Labute approximate surface area is 141 Å². The average molecular weight is 336 g/mol. The van der Waals surface area contributed by atoms with Crippen LogP contribution >= 0.6 is 23.1 Å². The molecule has 0 radical (unpaired) electrons. The van der Waals surface area contributed by atoms with E-state index >= 15 is 0 Å². The molecule has 0 unspecified atom stereocenters. The summed E-state index contributed by atoms with van der Waals surface area (Å²) in [4.78, 5) is 14.4. The van der Waals surface area contributed by atoms with E-state index in [0.29, 0.717) is 11.6 Å². The maximum atomic E-state index is 6.05. The fraction of sp³-hybridized carbons (Fsp3) is 0. The van der Waals surface area contributed by atoms with Crippen molar-refractivity contribution in [3.05, 3.63) is 60.1 Å². The van der Waals surface area contributed by atoms with Crippen molar-refractivity contribution >= 4 is 39.8 Å². The Kier molecular flexibility index (Phi) is 3.69. The van der Waals surface area contributed by atoms with Crippen molar-refractivity contribution in [3.63, 3.8) is 0 Å². The quantitative estimate of drug-likeness (QED) is 0.597. The van der Waals surface area contributed by atoms with E-state index in [9.17, 15) is 0 Å². The third-order valence-corrected chi connectivity index (χ3v) is 5.25. The number of hydrogen-bond donors (Lipinski definition) is 1. The van der Waals surface area contributed by atoms with Crippen LogP contribution in [0, 0.1) is 0 Å². The zero-order valence-electron chi connectivity index (χ0n) is 12.0. The maximum absolute atomic E-state index is 6.05. The summed E-state index contributed by atoms with van der Waals surface area (Å²) in [5.74, 6) is 1.15. The van der Waals surface area contributed by atoms with Crippen LogP contribution in [0.3, 0.4) is 0 Å². The van der Waals surface area contributed by atoms with Gasteiger partial charge in [-0.3, -0.25) is 0 Å². The van der Waals surface area contributed by atoms with Crippen LogP contribution in [0.25, 0.3) is 22.3 Å². The van der Waals surface area contributed by atoms with E-state index in [1.54, 1.807) is 23.1 Å². The van der Waals surface area contributed by atoms with Gasteiger partial charge in [-0.05, 0) is 24.3 Å². The molecular formula is C17H12N4S2. The van der Waals surface area contributed by atoms with Crippen LogP contribution in [0.15, 0.2) is 69.3 Å². The van der Waals surface area contributed by atoms with E-state index in [2.05, 4.69) is 27.1 Å². The molecule has 0 amide bonds. The molecule has 0 atom stereocenters. The molecule has 0 aliphatic carbocycles. The summed E-state index contributed by atoms with van der Waals surface area (Å²) in [6.45, 7) is 0. The van der Waals surface area contributed by atoms with Crippen LogP contribution in [0.5, 0.6) is 0 Å². The molecule has 0 bridgehead atoms. The SMILES string of the molecule is Nc1nc(-c2ccc(Sc3nccs3)cc2)nc2ccccc12.